The Balaban J connectivity index is 2.77. The fraction of sp³-hybridized carbons (Fsp3) is 0.867. The minimum absolute atomic E-state index is 0.0515. The summed E-state index contributed by atoms with van der Waals surface area (Å²) in [6.07, 6.45) is 0. The maximum atomic E-state index is 12.6. The van der Waals surface area contributed by atoms with E-state index in [2.05, 4.69) is 5.32 Å². The molecular formula is C15H30N4O2. The fourth-order valence-electron chi connectivity index (χ4n) is 2.90. The molecule has 1 N–H and O–H groups in total. The minimum atomic E-state index is -0.251. The zero-order valence-electron chi connectivity index (χ0n) is 14.2. The summed E-state index contributed by atoms with van der Waals surface area (Å²) >= 11 is 0. The Labute approximate surface area is 128 Å². The summed E-state index contributed by atoms with van der Waals surface area (Å²) in [5.74, 6) is 0.147. The molecule has 0 bridgehead atoms. The second kappa shape index (κ2) is 7.75. The van der Waals surface area contributed by atoms with Crippen molar-refractivity contribution >= 4 is 11.8 Å². The number of nitrogens with one attached hydrogen (secondary N) is 1. The smallest absolute Gasteiger partial charge is 0.240 e. The van der Waals surface area contributed by atoms with Gasteiger partial charge in [0.1, 0.15) is 6.04 Å². The van der Waals surface area contributed by atoms with Crippen LogP contribution in [0, 0.1) is 0 Å². The number of piperazine rings is 1. The van der Waals surface area contributed by atoms with Gasteiger partial charge in [0.15, 0.2) is 0 Å². The van der Waals surface area contributed by atoms with Crippen LogP contribution < -0.4 is 5.32 Å². The van der Waals surface area contributed by atoms with Gasteiger partial charge in [-0.05, 0) is 27.7 Å². The average molecular weight is 298 g/mol. The van der Waals surface area contributed by atoms with Gasteiger partial charge < -0.3 is 15.1 Å². The molecule has 6 heteroatoms. The molecule has 6 nitrogen and oxygen atoms in total. The van der Waals surface area contributed by atoms with Gasteiger partial charge in [-0.15, -0.1) is 0 Å². The number of rotatable bonds is 5. The molecule has 1 aliphatic heterocycles. The van der Waals surface area contributed by atoms with Gasteiger partial charge in [0.05, 0.1) is 6.54 Å². The van der Waals surface area contributed by atoms with Crippen LogP contribution in [0.2, 0.25) is 0 Å². The number of nitrogens with zero attached hydrogens (tertiary/aromatic N) is 3. The number of hydrogen-bond donors (Lipinski definition) is 1. The minimum Gasteiger partial charge on any atom is -0.347 e. The Hall–Kier alpha value is -1.14. The predicted molar refractivity (Wildman–Crippen MR) is 84.0 cm³/mol. The van der Waals surface area contributed by atoms with Crippen molar-refractivity contribution in [1.29, 1.82) is 0 Å². The van der Waals surface area contributed by atoms with E-state index >= 15 is 0 Å². The van der Waals surface area contributed by atoms with Crippen LogP contribution in [0.15, 0.2) is 0 Å². The van der Waals surface area contributed by atoms with Crippen LogP contribution in [0.3, 0.4) is 0 Å². The van der Waals surface area contributed by atoms with Crippen LogP contribution in [0.1, 0.15) is 27.7 Å². The van der Waals surface area contributed by atoms with Crippen molar-refractivity contribution in [3.63, 3.8) is 0 Å². The number of carbonyl (C=O) groups is 2. The first-order valence-electron chi connectivity index (χ1n) is 7.72. The Morgan fingerprint density at radius 1 is 1.19 bits per heavy atom. The summed E-state index contributed by atoms with van der Waals surface area (Å²) in [5, 5.41) is 3.23. The standard InChI is InChI=1S/C15H30N4O2/c1-11(2)19(12(3)4)14(20)10-18-8-7-16-9-13(18)15(21)17(5)6/h11-13,16H,7-10H2,1-6H3. The van der Waals surface area contributed by atoms with E-state index in [9.17, 15) is 9.59 Å². The molecule has 1 rings (SSSR count). The lowest BCUT2D eigenvalue weighted by Crippen LogP contribution is -2.60. The van der Waals surface area contributed by atoms with Crippen LogP contribution in [-0.2, 0) is 9.59 Å². The number of carbonyl (C=O) groups excluding carboxylic acids is 2. The summed E-state index contributed by atoms with van der Waals surface area (Å²) in [6, 6.07) is 0.0886. The number of hydrogen-bond acceptors (Lipinski definition) is 4. The molecule has 2 amide bonds. The number of likely N-dealkylation sites (N-methyl/N-ethyl adjacent to an activating group) is 1. The zero-order valence-corrected chi connectivity index (χ0v) is 14.2. The van der Waals surface area contributed by atoms with E-state index in [-0.39, 0.29) is 29.9 Å². The third kappa shape index (κ3) is 4.68. The van der Waals surface area contributed by atoms with Crippen molar-refractivity contribution in [2.24, 2.45) is 0 Å². The van der Waals surface area contributed by atoms with Crippen molar-refractivity contribution in [2.45, 2.75) is 45.8 Å². The molecule has 1 fully saturated rings. The first kappa shape index (κ1) is 17.9. The molecule has 0 spiro atoms. The summed E-state index contributed by atoms with van der Waals surface area (Å²) in [7, 11) is 3.51. The van der Waals surface area contributed by atoms with Gasteiger partial charge in [-0.25, -0.2) is 0 Å². The van der Waals surface area contributed by atoms with E-state index in [1.165, 1.54) is 0 Å². The molecule has 1 atom stereocenters. The molecule has 1 unspecified atom stereocenters. The first-order valence-corrected chi connectivity index (χ1v) is 7.72. The van der Waals surface area contributed by atoms with E-state index in [0.717, 1.165) is 13.1 Å². The van der Waals surface area contributed by atoms with Crippen LogP contribution >= 0.6 is 0 Å². The largest absolute Gasteiger partial charge is 0.347 e. The van der Waals surface area contributed by atoms with Crippen molar-refractivity contribution in [2.75, 3.05) is 40.3 Å². The van der Waals surface area contributed by atoms with Gasteiger partial charge in [0.2, 0.25) is 11.8 Å². The lowest BCUT2D eigenvalue weighted by molar-refractivity contribution is -0.140. The fourth-order valence-corrected chi connectivity index (χ4v) is 2.90. The summed E-state index contributed by atoms with van der Waals surface area (Å²) in [6.45, 7) is 10.6. The third-order valence-electron chi connectivity index (χ3n) is 3.82. The summed E-state index contributed by atoms with van der Waals surface area (Å²) < 4.78 is 0. The van der Waals surface area contributed by atoms with Gasteiger partial charge in [0.25, 0.3) is 0 Å². The van der Waals surface area contributed by atoms with Gasteiger partial charge in [-0.2, -0.15) is 0 Å². The van der Waals surface area contributed by atoms with Gasteiger partial charge in [0, 0.05) is 45.8 Å². The first-order chi connectivity index (χ1) is 9.75. The third-order valence-corrected chi connectivity index (χ3v) is 3.82. The summed E-state index contributed by atoms with van der Waals surface area (Å²) in [5.41, 5.74) is 0. The molecule has 0 aromatic heterocycles. The van der Waals surface area contributed by atoms with Crippen LogP contribution in [-0.4, -0.2) is 84.9 Å². The lowest BCUT2D eigenvalue weighted by atomic mass is 10.1. The second-order valence-corrected chi connectivity index (χ2v) is 6.41. The molecule has 21 heavy (non-hydrogen) atoms. The van der Waals surface area contributed by atoms with Crippen LogP contribution in [0.25, 0.3) is 0 Å². The number of amides is 2. The molecule has 0 radical (unpaired) electrons. The normalized spacial score (nSPS) is 19.9. The van der Waals surface area contributed by atoms with E-state index in [1.807, 2.05) is 37.5 Å². The molecule has 0 aliphatic carbocycles. The van der Waals surface area contributed by atoms with E-state index in [4.69, 9.17) is 0 Å². The highest BCUT2D eigenvalue weighted by atomic mass is 16.2. The van der Waals surface area contributed by atoms with E-state index < -0.39 is 0 Å². The topological polar surface area (TPSA) is 55.9 Å². The second-order valence-electron chi connectivity index (χ2n) is 6.41. The molecule has 1 aliphatic rings. The molecule has 0 saturated carbocycles. The average Bonchev–Trinajstić information content (AvgIpc) is 2.37. The predicted octanol–water partition coefficient (Wildman–Crippen LogP) is -0.00620. The van der Waals surface area contributed by atoms with E-state index in [0.29, 0.717) is 13.1 Å². The SMILES string of the molecule is CC(C)N(C(=O)CN1CCNCC1C(=O)N(C)C)C(C)C. The van der Waals surface area contributed by atoms with E-state index in [1.54, 1.807) is 19.0 Å². The Morgan fingerprint density at radius 2 is 1.76 bits per heavy atom. The molecule has 0 aromatic carbocycles. The van der Waals surface area contributed by atoms with Crippen molar-refractivity contribution < 1.29 is 9.59 Å². The van der Waals surface area contributed by atoms with Crippen molar-refractivity contribution in [3.8, 4) is 0 Å². The van der Waals surface area contributed by atoms with Gasteiger partial charge in [-0.1, -0.05) is 0 Å². The highest BCUT2D eigenvalue weighted by Gasteiger charge is 2.32. The zero-order chi connectivity index (χ0) is 16.2. The molecule has 1 saturated heterocycles. The quantitative estimate of drug-likeness (QED) is 0.776. The monoisotopic (exact) mass is 298 g/mol. The lowest BCUT2D eigenvalue weighted by Gasteiger charge is -2.38. The molecule has 1 heterocycles. The Bertz CT molecular complexity index is 361. The van der Waals surface area contributed by atoms with Gasteiger partial charge in [-0.3, -0.25) is 14.5 Å². The Morgan fingerprint density at radius 3 is 2.24 bits per heavy atom. The highest BCUT2D eigenvalue weighted by molar-refractivity contribution is 5.84. The van der Waals surface area contributed by atoms with Crippen LogP contribution in [0.5, 0.6) is 0 Å². The molecule has 122 valence electrons. The molecular weight excluding hydrogens is 268 g/mol. The van der Waals surface area contributed by atoms with Crippen LogP contribution in [0.4, 0.5) is 0 Å². The Kier molecular flexibility index (Phi) is 6.61. The maximum Gasteiger partial charge on any atom is 0.240 e. The highest BCUT2D eigenvalue weighted by Crippen LogP contribution is 2.10. The van der Waals surface area contributed by atoms with Crippen molar-refractivity contribution in [1.82, 2.24) is 20.0 Å². The molecule has 0 aromatic rings. The summed E-state index contributed by atoms with van der Waals surface area (Å²) in [4.78, 5) is 30.3. The van der Waals surface area contributed by atoms with Gasteiger partial charge >= 0.3 is 0 Å². The van der Waals surface area contributed by atoms with Crippen molar-refractivity contribution in [3.05, 3.63) is 0 Å². The maximum absolute atomic E-state index is 12.6.